The number of anilines is 1. The predicted molar refractivity (Wildman–Crippen MR) is 93.4 cm³/mol. The Hall–Kier alpha value is -2.22. The molecular formula is C15H21N5O4S. The van der Waals surface area contributed by atoms with Crippen LogP contribution in [0.25, 0.3) is 0 Å². The lowest BCUT2D eigenvalue weighted by atomic mass is 10.1. The van der Waals surface area contributed by atoms with Gasteiger partial charge in [-0.25, -0.2) is 0 Å². The lowest BCUT2D eigenvalue weighted by Crippen LogP contribution is -2.53. The van der Waals surface area contributed by atoms with Crippen molar-refractivity contribution < 1.29 is 13.3 Å². The zero-order chi connectivity index (χ0) is 18.6. The molecule has 1 aromatic rings. The number of nitrogens with zero attached hydrogens (tertiary/aromatic N) is 5. The van der Waals surface area contributed by atoms with Crippen molar-refractivity contribution in [1.82, 2.24) is 8.61 Å². The fraction of sp³-hybridized carbons (Fsp3) is 0.533. The molecule has 0 unspecified atom stereocenters. The Morgan fingerprint density at radius 1 is 1.24 bits per heavy atom. The van der Waals surface area contributed by atoms with Crippen LogP contribution in [0.15, 0.2) is 18.2 Å². The Morgan fingerprint density at radius 2 is 1.84 bits per heavy atom. The topological polar surface area (TPSA) is 111 Å². The quantitative estimate of drug-likeness (QED) is 0.551. The average molecular weight is 367 g/mol. The van der Waals surface area contributed by atoms with Gasteiger partial charge in [0.25, 0.3) is 15.9 Å². The van der Waals surface area contributed by atoms with E-state index in [1.165, 1.54) is 20.7 Å². The number of hydrogen-bond acceptors (Lipinski definition) is 6. The molecule has 0 N–H and O–H groups in total. The molecule has 0 atom stereocenters. The van der Waals surface area contributed by atoms with Crippen LogP contribution in [0.5, 0.6) is 0 Å². The Morgan fingerprint density at radius 3 is 2.32 bits per heavy atom. The number of benzene rings is 1. The second kappa shape index (κ2) is 7.77. The molecule has 0 aromatic heterocycles. The fourth-order valence-corrected chi connectivity index (χ4v) is 4.48. The van der Waals surface area contributed by atoms with Gasteiger partial charge in [0, 0.05) is 51.4 Å². The number of nitro groups is 1. The molecule has 25 heavy (non-hydrogen) atoms. The highest BCUT2D eigenvalue weighted by atomic mass is 32.2. The fourth-order valence-electron chi connectivity index (χ4n) is 2.88. The summed E-state index contributed by atoms with van der Waals surface area (Å²) in [7, 11) is -3.48. The zero-order valence-corrected chi connectivity index (χ0v) is 15.1. The molecule has 136 valence electrons. The van der Waals surface area contributed by atoms with Gasteiger partial charge >= 0.3 is 0 Å². The highest BCUT2D eigenvalue weighted by molar-refractivity contribution is 7.86. The summed E-state index contributed by atoms with van der Waals surface area (Å²) < 4.78 is 27.9. The third kappa shape index (κ3) is 3.89. The molecule has 1 aliphatic rings. The molecule has 2 rings (SSSR count). The molecule has 1 fully saturated rings. The summed E-state index contributed by atoms with van der Waals surface area (Å²) in [6.45, 7) is 5.89. The van der Waals surface area contributed by atoms with E-state index in [1.807, 2.05) is 11.0 Å². The molecular weight excluding hydrogens is 346 g/mol. The maximum Gasteiger partial charge on any atom is 0.282 e. The molecule has 1 aliphatic heterocycles. The zero-order valence-electron chi connectivity index (χ0n) is 14.3. The molecule has 0 bridgehead atoms. The van der Waals surface area contributed by atoms with Gasteiger partial charge in [-0.1, -0.05) is 13.8 Å². The van der Waals surface area contributed by atoms with Gasteiger partial charge in [0.2, 0.25) is 0 Å². The maximum absolute atomic E-state index is 12.5. The van der Waals surface area contributed by atoms with Crippen molar-refractivity contribution in [3.63, 3.8) is 0 Å². The number of hydrogen-bond donors (Lipinski definition) is 0. The molecule has 10 heteroatoms. The Kier molecular flexibility index (Phi) is 5.94. The van der Waals surface area contributed by atoms with Gasteiger partial charge in [-0.2, -0.15) is 22.3 Å². The van der Waals surface area contributed by atoms with Gasteiger partial charge in [-0.3, -0.25) is 10.1 Å². The summed E-state index contributed by atoms with van der Waals surface area (Å²) in [6, 6.07) is 6.13. The maximum atomic E-state index is 12.5. The molecule has 0 radical (unpaired) electrons. The van der Waals surface area contributed by atoms with Crippen LogP contribution in [0.1, 0.15) is 19.4 Å². The molecule has 0 aliphatic carbocycles. The molecule has 0 amide bonds. The standard InChI is InChI=1S/C15H21N5O4S/c1-3-18(4-2)25(23,24)19-9-7-17(8-10-19)15-6-5-14(20(21)22)11-13(15)12-16/h5-6,11H,3-4,7-10H2,1-2H3. The van der Waals surface area contributed by atoms with Gasteiger partial charge in [-0.15, -0.1) is 0 Å². The van der Waals surface area contributed by atoms with Crippen molar-refractivity contribution in [1.29, 1.82) is 5.26 Å². The predicted octanol–water partition coefficient (Wildman–Crippen LogP) is 1.18. The van der Waals surface area contributed by atoms with E-state index < -0.39 is 15.1 Å². The third-order valence-corrected chi connectivity index (χ3v) is 6.44. The average Bonchev–Trinajstić information content (AvgIpc) is 2.62. The molecule has 1 heterocycles. The van der Waals surface area contributed by atoms with E-state index in [2.05, 4.69) is 0 Å². The lowest BCUT2D eigenvalue weighted by Gasteiger charge is -2.37. The minimum absolute atomic E-state index is 0.136. The van der Waals surface area contributed by atoms with Gasteiger partial charge in [0.05, 0.1) is 16.2 Å². The van der Waals surface area contributed by atoms with Crippen LogP contribution in [0.3, 0.4) is 0 Å². The summed E-state index contributed by atoms with van der Waals surface area (Å²) in [6.07, 6.45) is 0. The summed E-state index contributed by atoms with van der Waals surface area (Å²) in [5.41, 5.74) is 0.672. The van der Waals surface area contributed by atoms with Crippen molar-refractivity contribution in [3.8, 4) is 6.07 Å². The van der Waals surface area contributed by atoms with Gasteiger partial charge < -0.3 is 4.90 Å². The largest absolute Gasteiger partial charge is 0.368 e. The summed E-state index contributed by atoms with van der Waals surface area (Å²) in [4.78, 5) is 12.2. The second-order valence-electron chi connectivity index (χ2n) is 5.55. The van der Waals surface area contributed by atoms with Crippen molar-refractivity contribution >= 4 is 21.6 Å². The second-order valence-corrected chi connectivity index (χ2v) is 7.48. The van der Waals surface area contributed by atoms with Crippen molar-refractivity contribution in [2.24, 2.45) is 0 Å². The number of non-ortho nitro benzene ring substituents is 1. The normalized spacial score (nSPS) is 16.0. The number of rotatable bonds is 6. The number of piperazine rings is 1. The van der Waals surface area contributed by atoms with E-state index >= 15 is 0 Å². The summed E-state index contributed by atoms with van der Waals surface area (Å²) >= 11 is 0. The molecule has 1 saturated heterocycles. The number of nitriles is 1. The highest BCUT2D eigenvalue weighted by Crippen LogP contribution is 2.26. The number of nitro benzene ring substituents is 1. The first-order valence-corrected chi connectivity index (χ1v) is 9.43. The summed E-state index contributed by atoms with van der Waals surface area (Å²) in [5.74, 6) is 0. The first-order chi connectivity index (χ1) is 11.8. The Balaban J connectivity index is 2.15. The van der Waals surface area contributed by atoms with E-state index in [4.69, 9.17) is 0 Å². The van der Waals surface area contributed by atoms with E-state index in [-0.39, 0.29) is 11.3 Å². The van der Waals surface area contributed by atoms with Crippen LogP contribution < -0.4 is 4.90 Å². The minimum Gasteiger partial charge on any atom is -0.368 e. The van der Waals surface area contributed by atoms with Crippen molar-refractivity contribution in [2.75, 3.05) is 44.2 Å². The summed E-state index contributed by atoms with van der Waals surface area (Å²) in [5, 5.41) is 20.1. The van der Waals surface area contributed by atoms with Crippen LogP contribution >= 0.6 is 0 Å². The highest BCUT2D eigenvalue weighted by Gasteiger charge is 2.31. The smallest absolute Gasteiger partial charge is 0.282 e. The third-order valence-electron chi connectivity index (χ3n) is 4.25. The van der Waals surface area contributed by atoms with E-state index in [9.17, 15) is 23.8 Å². The lowest BCUT2D eigenvalue weighted by molar-refractivity contribution is -0.384. The van der Waals surface area contributed by atoms with Gasteiger partial charge in [0.15, 0.2) is 0 Å². The van der Waals surface area contributed by atoms with Gasteiger partial charge in [0.1, 0.15) is 6.07 Å². The minimum atomic E-state index is -3.48. The van der Waals surface area contributed by atoms with E-state index in [1.54, 1.807) is 19.9 Å². The van der Waals surface area contributed by atoms with Crippen LogP contribution in [0.2, 0.25) is 0 Å². The molecule has 0 spiro atoms. The molecule has 9 nitrogen and oxygen atoms in total. The van der Waals surface area contributed by atoms with Crippen LogP contribution in [0.4, 0.5) is 11.4 Å². The van der Waals surface area contributed by atoms with Crippen LogP contribution in [-0.2, 0) is 10.2 Å². The molecule has 1 aromatic carbocycles. The van der Waals surface area contributed by atoms with Crippen LogP contribution in [-0.4, -0.2) is 61.2 Å². The van der Waals surface area contributed by atoms with E-state index in [0.29, 0.717) is 45.0 Å². The SMILES string of the molecule is CCN(CC)S(=O)(=O)N1CCN(c2ccc([N+](=O)[O-])cc2C#N)CC1. The first-order valence-electron chi connectivity index (χ1n) is 8.03. The van der Waals surface area contributed by atoms with Crippen molar-refractivity contribution in [2.45, 2.75) is 13.8 Å². The molecule has 0 saturated carbocycles. The Labute approximate surface area is 147 Å². The first kappa shape index (κ1) is 19.1. The monoisotopic (exact) mass is 367 g/mol. The van der Waals surface area contributed by atoms with Crippen molar-refractivity contribution in [3.05, 3.63) is 33.9 Å². The van der Waals surface area contributed by atoms with Gasteiger partial charge in [-0.05, 0) is 6.07 Å². The van der Waals surface area contributed by atoms with E-state index in [0.717, 1.165) is 0 Å². The van der Waals surface area contributed by atoms with Crippen LogP contribution in [0, 0.1) is 21.4 Å². The Bertz CT molecular complexity index is 778.